The fraction of sp³-hybridized carbons (Fsp3) is 0.833. The van der Waals surface area contributed by atoms with Crippen molar-refractivity contribution in [1.82, 2.24) is 10.2 Å². The second kappa shape index (κ2) is 6.20. The monoisotopic (exact) mass is 198 g/mol. The summed E-state index contributed by atoms with van der Waals surface area (Å²) in [6.45, 7) is 15.9. The van der Waals surface area contributed by atoms with E-state index >= 15 is 0 Å². The summed E-state index contributed by atoms with van der Waals surface area (Å²) in [4.78, 5) is 2.37. The molecule has 84 valence electrons. The van der Waals surface area contributed by atoms with Crippen molar-refractivity contribution in [3.05, 3.63) is 12.2 Å². The zero-order valence-electron chi connectivity index (χ0n) is 10.5. The van der Waals surface area contributed by atoms with Crippen LogP contribution in [0, 0.1) is 0 Å². The highest BCUT2D eigenvalue weighted by Gasteiger charge is 2.20. The van der Waals surface area contributed by atoms with E-state index in [0.717, 1.165) is 26.1 Å². The summed E-state index contributed by atoms with van der Waals surface area (Å²) in [7, 11) is 2.17. The molecule has 0 aliphatic rings. The van der Waals surface area contributed by atoms with Gasteiger partial charge in [0.15, 0.2) is 0 Å². The topological polar surface area (TPSA) is 15.3 Å². The van der Waals surface area contributed by atoms with Crippen LogP contribution in [-0.2, 0) is 0 Å². The second-order valence-electron chi connectivity index (χ2n) is 4.55. The molecule has 0 aliphatic heterocycles. The van der Waals surface area contributed by atoms with Crippen molar-refractivity contribution in [3.63, 3.8) is 0 Å². The molecule has 1 N–H and O–H groups in total. The normalized spacial score (nSPS) is 12.1. The highest BCUT2D eigenvalue weighted by atomic mass is 15.2. The second-order valence-corrected chi connectivity index (χ2v) is 4.55. The summed E-state index contributed by atoms with van der Waals surface area (Å²) in [5.41, 5.74) is 1.53. The molecule has 0 fully saturated rings. The largest absolute Gasteiger partial charge is 0.313 e. The highest BCUT2D eigenvalue weighted by molar-refractivity contribution is 5.01. The summed E-state index contributed by atoms with van der Waals surface area (Å²) in [5.74, 6) is 0. The Kier molecular flexibility index (Phi) is 6.05. The molecule has 0 aromatic carbocycles. The van der Waals surface area contributed by atoms with E-state index in [1.54, 1.807) is 0 Å². The first-order valence-electron chi connectivity index (χ1n) is 5.52. The van der Waals surface area contributed by atoms with Gasteiger partial charge in [-0.1, -0.05) is 20.4 Å². The zero-order chi connectivity index (χ0) is 11.2. The molecule has 14 heavy (non-hydrogen) atoms. The van der Waals surface area contributed by atoms with Gasteiger partial charge in [0.2, 0.25) is 0 Å². The van der Waals surface area contributed by atoms with Gasteiger partial charge in [0.05, 0.1) is 0 Å². The maximum Gasteiger partial charge on any atom is 0.0205 e. The van der Waals surface area contributed by atoms with E-state index in [1.807, 2.05) is 0 Å². The van der Waals surface area contributed by atoms with Crippen LogP contribution in [0.25, 0.3) is 0 Å². The van der Waals surface area contributed by atoms with Gasteiger partial charge < -0.3 is 5.32 Å². The Labute approximate surface area is 89.4 Å². The van der Waals surface area contributed by atoms with Crippen LogP contribution in [0.1, 0.15) is 34.1 Å². The molecule has 0 radical (unpaired) electrons. The quantitative estimate of drug-likeness (QED) is 0.631. The van der Waals surface area contributed by atoms with Crippen molar-refractivity contribution >= 4 is 0 Å². The average molecular weight is 198 g/mol. The molecule has 2 heteroatoms. The standard InChI is InChI=1S/C12H26N2/c1-7-12(4,5)14(6)10-11(3)9-13-8-2/h13H,3,7-10H2,1-2,4-6H3. The van der Waals surface area contributed by atoms with Gasteiger partial charge in [-0.05, 0) is 39.4 Å². The van der Waals surface area contributed by atoms with Gasteiger partial charge in [0.25, 0.3) is 0 Å². The third-order valence-electron chi connectivity index (χ3n) is 2.98. The van der Waals surface area contributed by atoms with Gasteiger partial charge in [-0.15, -0.1) is 0 Å². The first-order chi connectivity index (χ1) is 6.44. The molecule has 0 spiro atoms. The molecule has 0 aromatic rings. The zero-order valence-corrected chi connectivity index (χ0v) is 10.5. The predicted molar refractivity (Wildman–Crippen MR) is 64.7 cm³/mol. The van der Waals surface area contributed by atoms with E-state index in [1.165, 1.54) is 5.57 Å². The van der Waals surface area contributed by atoms with Crippen molar-refractivity contribution in [2.75, 3.05) is 26.7 Å². The van der Waals surface area contributed by atoms with Crippen molar-refractivity contribution in [2.45, 2.75) is 39.7 Å². The lowest BCUT2D eigenvalue weighted by atomic mass is 9.99. The Balaban J connectivity index is 3.93. The van der Waals surface area contributed by atoms with E-state index in [2.05, 4.69) is 51.5 Å². The Bertz CT molecular complexity index is 173. The van der Waals surface area contributed by atoms with E-state index in [4.69, 9.17) is 0 Å². The van der Waals surface area contributed by atoms with Crippen molar-refractivity contribution < 1.29 is 0 Å². The first-order valence-corrected chi connectivity index (χ1v) is 5.52. The van der Waals surface area contributed by atoms with E-state index in [-0.39, 0.29) is 5.54 Å². The van der Waals surface area contributed by atoms with Gasteiger partial charge >= 0.3 is 0 Å². The molecule has 0 aliphatic carbocycles. The third kappa shape index (κ3) is 4.77. The number of hydrogen-bond donors (Lipinski definition) is 1. The van der Waals surface area contributed by atoms with Crippen LogP contribution in [0.15, 0.2) is 12.2 Å². The summed E-state index contributed by atoms with van der Waals surface area (Å²) in [5, 5.41) is 3.30. The highest BCUT2D eigenvalue weighted by Crippen LogP contribution is 2.16. The van der Waals surface area contributed by atoms with Crippen LogP contribution < -0.4 is 5.32 Å². The van der Waals surface area contributed by atoms with Gasteiger partial charge in [-0.3, -0.25) is 4.90 Å². The van der Waals surface area contributed by atoms with Crippen LogP contribution in [-0.4, -0.2) is 37.1 Å². The maximum atomic E-state index is 4.08. The first kappa shape index (κ1) is 13.7. The summed E-state index contributed by atoms with van der Waals surface area (Å²) in [6, 6.07) is 0. The molecular weight excluding hydrogens is 172 g/mol. The molecule has 0 bridgehead atoms. The molecule has 0 atom stereocenters. The van der Waals surface area contributed by atoms with Crippen molar-refractivity contribution in [1.29, 1.82) is 0 Å². The summed E-state index contributed by atoms with van der Waals surface area (Å²) >= 11 is 0. The Morgan fingerprint density at radius 1 is 1.36 bits per heavy atom. The van der Waals surface area contributed by atoms with Crippen molar-refractivity contribution in [2.24, 2.45) is 0 Å². The lowest BCUT2D eigenvalue weighted by Crippen LogP contribution is -2.42. The lowest BCUT2D eigenvalue weighted by Gasteiger charge is -2.35. The minimum atomic E-state index is 0.273. The molecule has 2 nitrogen and oxygen atoms in total. The van der Waals surface area contributed by atoms with E-state index in [0.29, 0.717) is 0 Å². The number of likely N-dealkylation sites (N-methyl/N-ethyl adjacent to an activating group) is 2. The van der Waals surface area contributed by atoms with Gasteiger partial charge in [-0.25, -0.2) is 0 Å². The predicted octanol–water partition coefficient (Wildman–Crippen LogP) is 2.27. The third-order valence-corrected chi connectivity index (χ3v) is 2.98. The summed E-state index contributed by atoms with van der Waals surface area (Å²) in [6.07, 6.45) is 1.16. The van der Waals surface area contributed by atoms with E-state index < -0.39 is 0 Å². The molecule has 0 saturated carbocycles. The van der Waals surface area contributed by atoms with Crippen LogP contribution in [0.3, 0.4) is 0 Å². The minimum absolute atomic E-state index is 0.273. The molecular formula is C12H26N2. The molecule has 0 heterocycles. The number of nitrogens with zero attached hydrogens (tertiary/aromatic N) is 1. The fourth-order valence-corrected chi connectivity index (χ4v) is 1.18. The summed E-state index contributed by atoms with van der Waals surface area (Å²) < 4.78 is 0. The Morgan fingerprint density at radius 3 is 2.36 bits per heavy atom. The molecule has 0 unspecified atom stereocenters. The number of hydrogen-bond acceptors (Lipinski definition) is 2. The lowest BCUT2D eigenvalue weighted by molar-refractivity contribution is 0.164. The molecule has 0 aromatic heterocycles. The van der Waals surface area contributed by atoms with E-state index in [9.17, 15) is 0 Å². The minimum Gasteiger partial charge on any atom is -0.313 e. The average Bonchev–Trinajstić information content (AvgIpc) is 2.14. The molecule has 0 amide bonds. The van der Waals surface area contributed by atoms with Gasteiger partial charge in [-0.2, -0.15) is 0 Å². The Hall–Kier alpha value is -0.340. The van der Waals surface area contributed by atoms with Crippen LogP contribution in [0.2, 0.25) is 0 Å². The molecule has 0 rings (SSSR count). The van der Waals surface area contributed by atoms with Gasteiger partial charge in [0.1, 0.15) is 0 Å². The maximum absolute atomic E-state index is 4.08. The Morgan fingerprint density at radius 2 is 1.93 bits per heavy atom. The fourth-order valence-electron chi connectivity index (χ4n) is 1.18. The number of rotatable bonds is 7. The van der Waals surface area contributed by atoms with Crippen molar-refractivity contribution in [3.8, 4) is 0 Å². The van der Waals surface area contributed by atoms with Crippen LogP contribution in [0.5, 0.6) is 0 Å². The van der Waals surface area contributed by atoms with Crippen LogP contribution in [0.4, 0.5) is 0 Å². The molecule has 0 saturated heterocycles. The smallest absolute Gasteiger partial charge is 0.0205 e. The number of nitrogens with one attached hydrogen (secondary N) is 1. The van der Waals surface area contributed by atoms with Gasteiger partial charge in [0, 0.05) is 18.6 Å². The SMILES string of the molecule is C=C(CNCC)CN(C)C(C)(C)CC. The van der Waals surface area contributed by atoms with Crippen LogP contribution >= 0.6 is 0 Å².